The Morgan fingerprint density at radius 2 is 2.08 bits per heavy atom. The SMILES string of the molecule is CC1(NC(=O)O[C@@H]2CO[C@H](c3cnc(NC(=O)OC(C)(C)C)s3)C2)CC1. The maximum Gasteiger partial charge on any atom is 0.413 e. The Morgan fingerprint density at radius 3 is 2.73 bits per heavy atom. The molecule has 2 heterocycles. The molecule has 144 valence electrons. The second-order valence-corrected chi connectivity index (χ2v) is 9.03. The van der Waals surface area contributed by atoms with E-state index in [2.05, 4.69) is 15.6 Å². The first-order valence-electron chi connectivity index (χ1n) is 8.68. The number of nitrogens with zero attached hydrogens (tertiary/aromatic N) is 1. The van der Waals surface area contributed by atoms with Gasteiger partial charge in [0.1, 0.15) is 11.7 Å². The van der Waals surface area contributed by atoms with Crippen molar-refractivity contribution in [1.29, 1.82) is 0 Å². The fourth-order valence-corrected chi connectivity index (χ4v) is 3.37. The van der Waals surface area contributed by atoms with Gasteiger partial charge >= 0.3 is 12.2 Å². The summed E-state index contributed by atoms with van der Waals surface area (Å²) >= 11 is 1.32. The van der Waals surface area contributed by atoms with Crippen molar-refractivity contribution >= 4 is 28.7 Å². The third-order valence-corrected chi connectivity index (χ3v) is 5.09. The number of carbonyl (C=O) groups is 2. The fraction of sp³-hybridized carbons (Fsp3) is 0.706. The van der Waals surface area contributed by atoms with Gasteiger partial charge in [0.15, 0.2) is 5.13 Å². The molecule has 1 aliphatic heterocycles. The van der Waals surface area contributed by atoms with Gasteiger partial charge in [0.25, 0.3) is 0 Å². The highest BCUT2D eigenvalue weighted by molar-refractivity contribution is 7.15. The number of ether oxygens (including phenoxy) is 3. The minimum absolute atomic E-state index is 0.101. The Kier molecular flexibility index (Phi) is 5.12. The minimum Gasteiger partial charge on any atom is -0.444 e. The van der Waals surface area contributed by atoms with E-state index in [1.54, 1.807) is 27.0 Å². The van der Waals surface area contributed by atoms with E-state index < -0.39 is 17.8 Å². The zero-order chi connectivity index (χ0) is 18.9. The number of anilines is 1. The lowest BCUT2D eigenvalue weighted by Gasteiger charge is -2.18. The Labute approximate surface area is 156 Å². The van der Waals surface area contributed by atoms with Crippen LogP contribution in [0.1, 0.15) is 57.9 Å². The summed E-state index contributed by atoms with van der Waals surface area (Å²) in [5, 5.41) is 5.93. The van der Waals surface area contributed by atoms with E-state index in [0.29, 0.717) is 18.2 Å². The zero-order valence-electron chi connectivity index (χ0n) is 15.5. The summed E-state index contributed by atoms with van der Waals surface area (Å²) in [6.07, 6.45) is 2.78. The average molecular weight is 383 g/mol. The molecule has 1 saturated heterocycles. The van der Waals surface area contributed by atoms with Gasteiger partial charge in [-0.05, 0) is 40.5 Å². The van der Waals surface area contributed by atoms with Crippen LogP contribution >= 0.6 is 11.3 Å². The molecule has 26 heavy (non-hydrogen) atoms. The predicted octanol–water partition coefficient (Wildman–Crippen LogP) is 3.60. The summed E-state index contributed by atoms with van der Waals surface area (Å²) in [7, 11) is 0. The number of hydrogen-bond acceptors (Lipinski definition) is 7. The van der Waals surface area contributed by atoms with E-state index in [4.69, 9.17) is 14.2 Å². The molecule has 1 aromatic rings. The van der Waals surface area contributed by atoms with Crippen LogP contribution in [0.4, 0.5) is 14.7 Å². The van der Waals surface area contributed by atoms with Crippen molar-refractivity contribution in [3.63, 3.8) is 0 Å². The number of aromatic nitrogens is 1. The summed E-state index contributed by atoms with van der Waals surface area (Å²) in [6.45, 7) is 7.74. The first-order chi connectivity index (χ1) is 12.1. The molecule has 2 N–H and O–H groups in total. The van der Waals surface area contributed by atoms with Crippen LogP contribution in [0.3, 0.4) is 0 Å². The number of carbonyl (C=O) groups excluding carboxylic acids is 2. The second-order valence-electron chi connectivity index (χ2n) is 7.97. The van der Waals surface area contributed by atoms with Crippen LogP contribution in [-0.4, -0.2) is 41.0 Å². The van der Waals surface area contributed by atoms with Crippen molar-refractivity contribution in [2.75, 3.05) is 11.9 Å². The first kappa shape index (κ1) is 18.9. The van der Waals surface area contributed by atoms with Crippen LogP contribution in [-0.2, 0) is 14.2 Å². The number of alkyl carbamates (subject to hydrolysis) is 1. The molecule has 2 amide bonds. The molecular formula is C17H25N3O5S. The number of rotatable bonds is 4. The van der Waals surface area contributed by atoms with Gasteiger partial charge in [-0.3, -0.25) is 5.32 Å². The van der Waals surface area contributed by atoms with Crippen LogP contribution in [0.15, 0.2) is 6.20 Å². The number of nitrogens with one attached hydrogen (secondary N) is 2. The number of thiazole rings is 1. The summed E-state index contributed by atoms with van der Waals surface area (Å²) in [5.41, 5.74) is -0.669. The van der Waals surface area contributed by atoms with Crippen LogP contribution in [0.5, 0.6) is 0 Å². The Hall–Kier alpha value is -1.87. The van der Waals surface area contributed by atoms with Crippen LogP contribution in [0.25, 0.3) is 0 Å². The smallest absolute Gasteiger partial charge is 0.413 e. The van der Waals surface area contributed by atoms with E-state index in [1.807, 2.05) is 6.92 Å². The predicted molar refractivity (Wildman–Crippen MR) is 96.3 cm³/mol. The number of hydrogen-bond donors (Lipinski definition) is 2. The van der Waals surface area contributed by atoms with Gasteiger partial charge in [-0.25, -0.2) is 14.6 Å². The third-order valence-electron chi connectivity index (χ3n) is 4.09. The summed E-state index contributed by atoms with van der Waals surface area (Å²) in [5.74, 6) is 0. The molecule has 2 fully saturated rings. The standard InChI is InChI=1S/C17H25N3O5S/c1-16(2,3)25-14(21)19-13-18-8-12(26-13)11-7-10(9-23-11)24-15(22)20-17(4)5-6-17/h8,10-11H,5-7,9H2,1-4H3,(H,20,22)(H,18,19,21)/t10-,11-/m0/s1. The monoisotopic (exact) mass is 383 g/mol. The fourth-order valence-electron chi connectivity index (χ4n) is 2.50. The topological polar surface area (TPSA) is 98.8 Å². The minimum atomic E-state index is -0.568. The van der Waals surface area contributed by atoms with Crippen molar-refractivity contribution in [2.24, 2.45) is 0 Å². The Balaban J connectivity index is 1.47. The molecule has 2 atom stereocenters. The van der Waals surface area contributed by atoms with E-state index in [-0.39, 0.29) is 17.7 Å². The largest absolute Gasteiger partial charge is 0.444 e. The maximum absolute atomic E-state index is 11.9. The lowest BCUT2D eigenvalue weighted by Crippen LogP contribution is -2.37. The molecule has 0 spiro atoms. The highest BCUT2D eigenvalue weighted by Gasteiger charge is 2.40. The molecule has 0 unspecified atom stereocenters. The van der Waals surface area contributed by atoms with Crippen molar-refractivity contribution in [3.8, 4) is 0 Å². The zero-order valence-corrected chi connectivity index (χ0v) is 16.3. The molecule has 1 aliphatic carbocycles. The molecule has 1 saturated carbocycles. The average Bonchev–Trinajstić information content (AvgIpc) is 2.89. The van der Waals surface area contributed by atoms with Crippen LogP contribution < -0.4 is 10.6 Å². The summed E-state index contributed by atoms with van der Waals surface area (Å²) < 4.78 is 16.3. The molecule has 1 aromatic heterocycles. The highest BCUT2D eigenvalue weighted by Crippen LogP contribution is 2.36. The quantitative estimate of drug-likeness (QED) is 0.824. The van der Waals surface area contributed by atoms with E-state index in [0.717, 1.165) is 17.7 Å². The van der Waals surface area contributed by atoms with Crippen molar-refractivity contribution < 1.29 is 23.8 Å². The molecule has 0 aromatic carbocycles. The van der Waals surface area contributed by atoms with Gasteiger partial charge < -0.3 is 19.5 Å². The van der Waals surface area contributed by atoms with Crippen LogP contribution in [0.2, 0.25) is 0 Å². The second kappa shape index (κ2) is 7.03. The molecule has 8 nitrogen and oxygen atoms in total. The molecule has 3 rings (SSSR count). The van der Waals surface area contributed by atoms with Gasteiger partial charge in [0, 0.05) is 18.2 Å². The van der Waals surface area contributed by atoms with E-state index in [1.165, 1.54) is 11.3 Å². The van der Waals surface area contributed by atoms with E-state index >= 15 is 0 Å². The first-order valence-corrected chi connectivity index (χ1v) is 9.50. The molecular weight excluding hydrogens is 358 g/mol. The van der Waals surface area contributed by atoms with E-state index in [9.17, 15) is 9.59 Å². The summed E-state index contributed by atoms with van der Waals surface area (Å²) in [4.78, 5) is 28.7. The maximum atomic E-state index is 11.9. The van der Waals surface area contributed by atoms with Crippen molar-refractivity contribution in [1.82, 2.24) is 10.3 Å². The molecule has 0 radical (unpaired) electrons. The molecule has 2 aliphatic rings. The third kappa shape index (κ3) is 5.31. The van der Waals surface area contributed by atoms with Gasteiger partial charge in [-0.15, -0.1) is 0 Å². The normalized spacial score (nSPS) is 24.0. The highest BCUT2D eigenvalue weighted by atomic mass is 32.1. The van der Waals surface area contributed by atoms with Gasteiger partial charge in [-0.1, -0.05) is 11.3 Å². The lowest BCUT2D eigenvalue weighted by atomic mass is 10.2. The molecule has 0 bridgehead atoms. The van der Waals surface area contributed by atoms with Gasteiger partial charge in [0.05, 0.1) is 17.6 Å². The molecule has 9 heteroatoms. The van der Waals surface area contributed by atoms with Crippen molar-refractivity contribution in [3.05, 3.63) is 11.1 Å². The summed E-state index contributed by atoms with van der Waals surface area (Å²) in [6, 6.07) is 0. The Morgan fingerprint density at radius 1 is 1.35 bits per heavy atom. The number of amides is 2. The van der Waals surface area contributed by atoms with Gasteiger partial charge in [-0.2, -0.15) is 0 Å². The lowest BCUT2D eigenvalue weighted by molar-refractivity contribution is 0.0635. The van der Waals surface area contributed by atoms with Crippen LogP contribution in [0, 0.1) is 0 Å². The van der Waals surface area contributed by atoms with Crippen molar-refractivity contribution in [2.45, 2.75) is 70.3 Å². The van der Waals surface area contributed by atoms with Gasteiger partial charge in [0.2, 0.25) is 0 Å². The Bertz CT molecular complexity index is 680.